The van der Waals surface area contributed by atoms with E-state index in [4.69, 9.17) is 4.74 Å². The van der Waals surface area contributed by atoms with E-state index in [2.05, 4.69) is 0 Å². The fraction of sp³-hybridized carbons (Fsp3) is 0.526. The van der Waals surface area contributed by atoms with Gasteiger partial charge in [0.05, 0.1) is 19.1 Å². The molecule has 0 aliphatic heterocycles. The lowest BCUT2D eigenvalue weighted by Crippen LogP contribution is -2.45. The van der Waals surface area contributed by atoms with Gasteiger partial charge in [0.2, 0.25) is 5.91 Å². The molecule has 1 amide bonds. The van der Waals surface area contributed by atoms with Gasteiger partial charge in [-0.15, -0.1) is 0 Å². The van der Waals surface area contributed by atoms with Crippen LogP contribution in [0.2, 0.25) is 0 Å². The predicted octanol–water partition coefficient (Wildman–Crippen LogP) is 3.06. The highest BCUT2D eigenvalue weighted by molar-refractivity contribution is 6.02. The Morgan fingerprint density at radius 2 is 1.62 bits per heavy atom. The van der Waals surface area contributed by atoms with Crippen LogP contribution in [0.4, 0.5) is 13.2 Å². The molecule has 7 nitrogen and oxygen atoms in total. The highest BCUT2D eigenvalue weighted by Crippen LogP contribution is 2.38. The number of amides is 1. The number of nitrogens with zero attached hydrogens (tertiary/aromatic N) is 1. The maximum atomic E-state index is 13.2. The molecule has 1 rings (SSSR count). The van der Waals surface area contributed by atoms with Crippen LogP contribution in [0.3, 0.4) is 0 Å². The molecule has 0 atom stereocenters. The zero-order valence-corrected chi connectivity index (χ0v) is 16.4. The van der Waals surface area contributed by atoms with Crippen LogP contribution in [0, 0.1) is 5.41 Å². The molecule has 162 valence electrons. The second-order valence-electron chi connectivity index (χ2n) is 6.47. The fourth-order valence-electron chi connectivity index (χ4n) is 2.98. The van der Waals surface area contributed by atoms with Crippen molar-refractivity contribution in [1.82, 2.24) is 4.90 Å². The van der Waals surface area contributed by atoms with Crippen molar-refractivity contribution in [1.29, 1.82) is 0 Å². The van der Waals surface area contributed by atoms with Crippen molar-refractivity contribution in [2.75, 3.05) is 20.2 Å². The summed E-state index contributed by atoms with van der Waals surface area (Å²) in [6.07, 6.45) is -6.32. The summed E-state index contributed by atoms with van der Waals surface area (Å²) in [5.41, 5.74) is -3.41. The molecule has 1 aromatic rings. The third-order valence-electron chi connectivity index (χ3n) is 4.80. The van der Waals surface area contributed by atoms with Gasteiger partial charge in [-0.3, -0.25) is 14.4 Å². The Morgan fingerprint density at radius 3 is 2.03 bits per heavy atom. The topological polar surface area (TPSA) is 104 Å². The minimum atomic E-state index is -4.70. The number of carboxylic acids is 2. The van der Waals surface area contributed by atoms with Crippen LogP contribution in [0.1, 0.15) is 37.8 Å². The summed E-state index contributed by atoms with van der Waals surface area (Å²) in [6.45, 7) is 3.89. The van der Waals surface area contributed by atoms with Gasteiger partial charge in [-0.05, 0) is 44.4 Å². The third-order valence-corrected chi connectivity index (χ3v) is 4.80. The first-order valence-electron chi connectivity index (χ1n) is 8.91. The van der Waals surface area contributed by atoms with E-state index in [9.17, 15) is 37.8 Å². The standard InChI is InChI=1S/C19H24F3NO6/c1-4-23(5-2)15(24)11-18(16(25)26,17(27)28)9-8-12-6-7-14(29-3)13(10-12)19(20,21)22/h6-7,10H,4-5,8-9,11H2,1-3H3,(H,25,26)(H,27,28). The summed E-state index contributed by atoms with van der Waals surface area (Å²) >= 11 is 0. The lowest BCUT2D eigenvalue weighted by atomic mass is 9.78. The molecule has 0 heterocycles. The normalized spacial score (nSPS) is 11.8. The first kappa shape index (κ1) is 24.3. The third kappa shape index (κ3) is 5.61. The average Bonchev–Trinajstić information content (AvgIpc) is 2.64. The van der Waals surface area contributed by atoms with Crippen molar-refractivity contribution < 1.29 is 42.5 Å². The quantitative estimate of drug-likeness (QED) is 0.565. The summed E-state index contributed by atoms with van der Waals surface area (Å²) in [4.78, 5) is 37.2. The highest BCUT2D eigenvalue weighted by Gasteiger charge is 2.48. The van der Waals surface area contributed by atoms with Gasteiger partial charge in [-0.1, -0.05) is 6.07 Å². The minimum Gasteiger partial charge on any atom is -0.496 e. The van der Waals surface area contributed by atoms with Crippen molar-refractivity contribution in [3.63, 3.8) is 0 Å². The van der Waals surface area contributed by atoms with Crippen molar-refractivity contribution in [3.05, 3.63) is 29.3 Å². The molecule has 0 saturated heterocycles. The van der Waals surface area contributed by atoms with Crippen molar-refractivity contribution in [2.45, 2.75) is 39.3 Å². The van der Waals surface area contributed by atoms with E-state index < -0.39 is 53.6 Å². The number of aliphatic carboxylic acids is 2. The molecule has 0 aliphatic rings. The Labute approximate surface area is 166 Å². The molecule has 0 fully saturated rings. The smallest absolute Gasteiger partial charge is 0.419 e. The zero-order valence-electron chi connectivity index (χ0n) is 16.4. The summed E-state index contributed by atoms with van der Waals surface area (Å²) in [5, 5.41) is 19.1. The molecule has 10 heteroatoms. The lowest BCUT2D eigenvalue weighted by Gasteiger charge is -2.28. The van der Waals surface area contributed by atoms with Gasteiger partial charge in [-0.2, -0.15) is 13.2 Å². The molecule has 0 bridgehead atoms. The van der Waals surface area contributed by atoms with E-state index in [1.54, 1.807) is 13.8 Å². The number of hydrogen-bond acceptors (Lipinski definition) is 4. The molecule has 29 heavy (non-hydrogen) atoms. The van der Waals surface area contributed by atoms with Crippen LogP contribution in [-0.2, 0) is 27.0 Å². The molecular weight excluding hydrogens is 395 g/mol. The first-order valence-corrected chi connectivity index (χ1v) is 8.91. The van der Waals surface area contributed by atoms with E-state index in [0.717, 1.165) is 19.2 Å². The molecule has 0 aromatic heterocycles. The summed E-state index contributed by atoms with van der Waals surface area (Å²) in [7, 11) is 1.09. The Hall–Kier alpha value is -2.78. The number of rotatable bonds is 10. The van der Waals surface area contributed by atoms with Crippen molar-refractivity contribution >= 4 is 17.8 Å². The number of carbonyl (C=O) groups is 3. The van der Waals surface area contributed by atoms with Crippen LogP contribution in [-0.4, -0.2) is 53.2 Å². The van der Waals surface area contributed by atoms with Gasteiger partial charge in [-0.25, -0.2) is 0 Å². The zero-order chi connectivity index (χ0) is 22.4. The molecule has 0 spiro atoms. The second-order valence-corrected chi connectivity index (χ2v) is 6.47. The van der Waals surface area contributed by atoms with Gasteiger partial charge < -0.3 is 19.8 Å². The molecule has 0 radical (unpaired) electrons. The van der Waals surface area contributed by atoms with Crippen molar-refractivity contribution in [2.24, 2.45) is 5.41 Å². The van der Waals surface area contributed by atoms with Crippen molar-refractivity contribution in [3.8, 4) is 5.75 Å². The van der Waals surface area contributed by atoms with Gasteiger partial charge in [0.15, 0.2) is 5.41 Å². The molecule has 0 saturated carbocycles. The predicted molar refractivity (Wildman–Crippen MR) is 96.6 cm³/mol. The monoisotopic (exact) mass is 419 g/mol. The Balaban J connectivity index is 3.21. The molecule has 0 aliphatic carbocycles. The number of carbonyl (C=O) groups excluding carboxylic acids is 1. The van der Waals surface area contributed by atoms with Crippen LogP contribution in [0.15, 0.2) is 18.2 Å². The van der Waals surface area contributed by atoms with Gasteiger partial charge in [0, 0.05) is 13.1 Å². The largest absolute Gasteiger partial charge is 0.496 e. The van der Waals surface area contributed by atoms with Crippen LogP contribution in [0.5, 0.6) is 5.75 Å². The Kier molecular flexibility index (Phi) is 8.05. The SMILES string of the molecule is CCN(CC)C(=O)CC(CCc1ccc(OC)c(C(F)(F)F)c1)(C(=O)O)C(=O)O. The van der Waals surface area contributed by atoms with Crippen LogP contribution >= 0.6 is 0 Å². The van der Waals surface area contributed by atoms with Gasteiger partial charge >= 0.3 is 18.1 Å². The summed E-state index contributed by atoms with van der Waals surface area (Å²) in [6, 6.07) is 3.18. The van der Waals surface area contributed by atoms with Gasteiger partial charge in [0.25, 0.3) is 0 Å². The fourth-order valence-corrected chi connectivity index (χ4v) is 2.98. The summed E-state index contributed by atoms with van der Waals surface area (Å²) < 4.78 is 44.2. The summed E-state index contributed by atoms with van der Waals surface area (Å²) in [5.74, 6) is -4.48. The second kappa shape index (κ2) is 9.62. The maximum absolute atomic E-state index is 13.2. The number of aryl methyl sites for hydroxylation is 1. The molecular formula is C19H24F3NO6. The average molecular weight is 419 g/mol. The number of halogens is 3. The number of carboxylic acid groups (broad SMARTS) is 2. The number of alkyl halides is 3. The van der Waals surface area contributed by atoms with E-state index >= 15 is 0 Å². The first-order chi connectivity index (χ1) is 13.4. The number of benzene rings is 1. The van der Waals surface area contributed by atoms with Crippen LogP contribution < -0.4 is 4.74 Å². The van der Waals surface area contributed by atoms with E-state index in [0.29, 0.717) is 0 Å². The Morgan fingerprint density at radius 1 is 1.07 bits per heavy atom. The van der Waals surface area contributed by atoms with E-state index in [1.165, 1.54) is 11.0 Å². The number of ether oxygens (including phenoxy) is 1. The van der Waals surface area contributed by atoms with Gasteiger partial charge in [0.1, 0.15) is 5.75 Å². The van der Waals surface area contributed by atoms with E-state index in [1.807, 2.05) is 0 Å². The van der Waals surface area contributed by atoms with E-state index in [-0.39, 0.29) is 25.1 Å². The lowest BCUT2D eigenvalue weighted by molar-refractivity contribution is -0.169. The number of methoxy groups -OCH3 is 1. The molecule has 1 aromatic carbocycles. The van der Waals surface area contributed by atoms with Crippen LogP contribution in [0.25, 0.3) is 0 Å². The minimum absolute atomic E-state index is 0.0836. The molecule has 2 N–H and O–H groups in total. The number of hydrogen-bond donors (Lipinski definition) is 2. The maximum Gasteiger partial charge on any atom is 0.419 e. The Bertz CT molecular complexity index is 745. The molecule has 0 unspecified atom stereocenters. The highest BCUT2D eigenvalue weighted by atomic mass is 19.4.